The fourth-order valence-corrected chi connectivity index (χ4v) is 4.57. The zero-order valence-electron chi connectivity index (χ0n) is 22.2. The van der Waals surface area contributed by atoms with Gasteiger partial charge in [-0.3, -0.25) is 9.59 Å². The van der Waals surface area contributed by atoms with Crippen LogP contribution in [0.3, 0.4) is 0 Å². The number of carbonyl (C=O) groups excluding carboxylic acids is 2. The zero-order chi connectivity index (χ0) is 31.4. The van der Waals surface area contributed by atoms with Gasteiger partial charge in [0.25, 0.3) is 5.91 Å². The molecule has 0 radical (unpaired) electrons. The van der Waals surface area contributed by atoms with Crippen LogP contribution in [0.15, 0.2) is 66.1 Å². The van der Waals surface area contributed by atoms with Crippen LogP contribution in [-0.4, -0.2) is 43.3 Å². The maximum Gasteiger partial charge on any atom is 0.416 e. The number of pyridine rings is 1. The van der Waals surface area contributed by atoms with E-state index >= 15 is 0 Å². The molecule has 43 heavy (non-hydrogen) atoms. The van der Waals surface area contributed by atoms with Gasteiger partial charge in [-0.05, 0) is 60.7 Å². The predicted octanol–water partition coefficient (Wildman–Crippen LogP) is 4.91. The second-order valence-electron chi connectivity index (χ2n) is 9.34. The minimum absolute atomic E-state index is 0.0124. The van der Waals surface area contributed by atoms with Crippen LogP contribution in [0.5, 0.6) is 0 Å². The molecule has 2 aromatic heterocycles. The Labute approximate surface area is 257 Å². The molecule has 0 aliphatic carbocycles. The van der Waals surface area contributed by atoms with Gasteiger partial charge in [0, 0.05) is 17.7 Å². The Bertz CT molecular complexity index is 1740. The SMILES string of the molecule is CC(C)(C#Cc1ccc(NC(=O)CSc2nnnn2-c2cc(C(F)(F)F)ccc2Cl)c(Cl)c1)NC(=O)c1cc[n+]([O-])cc1. The summed E-state index contributed by atoms with van der Waals surface area (Å²) in [7, 11) is 0. The molecule has 2 N–H and O–H groups in total. The van der Waals surface area contributed by atoms with Crippen LogP contribution in [0.2, 0.25) is 10.0 Å². The number of thioether (sulfide) groups is 1. The van der Waals surface area contributed by atoms with E-state index in [0.717, 1.165) is 34.6 Å². The van der Waals surface area contributed by atoms with Gasteiger partial charge in [0.1, 0.15) is 0 Å². The summed E-state index contributed by atoms with van der Waals surface area (Å²) in [4.78, 5) is 25.1. The molecule has 10 nitrogen and oxygen atoms in total. The third-order valence-electron chi connectivity index (χ3n) is 5.53. The van der Waals surface area contributed by atoms with Gasteiger partial charge in [-0.2, -0.15) is 22.6 Å². The normalized spacial score (nSPS) is 11.4. The van der Waals surface area contributed by atoms with Crippen molar-refractivity contribution in [2.45, 2.75) is 30.7 Å². The van der Waals surface area contributed by atoms with Crippen molar-refractivity contribution in [2.75, 3.05) is 11.1 Å². The molecule has 0 fully saturated rings. The van der Waals surface area contributed by atoms with Crippen molar-refractivity contribution in [3.05, 3.63) is 92.9 Å². The van der Waals surface area contributed by atoms with Crippen molar-refractivity contribution in [3.8, 4) is 17.5 Å². The summed E-state index contributed by atoms with van der Waals surface area (Å²) >= 11 is 13.3. The molecule has 16 heteroatoms. The summed E-state index contributed by atoms with van der Waals surface area (Å²) in [6.07, 6.45) is -2.16. The first-order valence-corrected chi connectivity index (χ1v) is 13.9. The number of rotatable bonds is 7. The highest BCUT2D eigenvalue weighted by Crippen LogP contribution is 2.34. The molecular formula is C27H20Cl2F3N7O3S. The van der Waals surface area contributed by atoms with Gasteiger partial charge < -0.3 is 15.8 Å². The summed E-state index contributed by atoms with van der Waals surface area (Å²) in [6.45, 7) is 3.42. The lowest BCUT2D eigenvalue weighted by atomic mass is 10.0. The van der Waals surface area contributed by atoms with Crippen LogP contribution < -0.4 is 15.4 Å². The summed E-state index contributed by atoms with van der Waals surface area (Å²) in [5, 5.41) is 27.8. The summed E-state index contributed by atoms with van der Waals surface area (Å²) < 4.78 is 41.1. The molecule has 0 spiro atoms. The average Bonchev–Trinajstić information content (AvgIpc) is 3.40. The molecule has 2 aromatic carbocycles. The number of tetrazole rings is 1. The maximum absolute atomic E-state index is 13.2. The Morgan fingerprint density at radius 3 is 2.47 bits per heavy atom. The summed E-state index contributed by atoms with van der Waals surface area (Å²) in [5.74, 6) is 4.80. The third-order valence-corrected chi connectivity index (χ3v) is 7.08. The van der Waals surface area contributed by atoms with Gasteiger partial charge in [0.2, 0.25) is 11.1 Å². The van der Waals surface area contributed by atoms with Crippen LogP contribution in [-0.2, 0) is 11.0 Å². The lowest BCUT2D eigenvalue weighted by Gasteiger charge is -2.19. The van der Waals surface area contributed by atoms with Gasteiger partial charge in [-0.25, -0.2) is 0 Å². The van der Waals surface area contributed by atoms with E-state index in [-0.39, 0.29) is 26.6 Å². The van der Waals surface area contributed by atoms with E-state index in [9.17, 15) is 28.0 Å². The van der Waals surface area contributed by atoms with Gasteiger partial charge in [0.15, 0.2) is 12.4 Å². The number of aromatic nitrogens is 5. The highest BCUT2D eigenvalue weighted by molar-refractivity contribution is 7.99. The van der Waals surface area contributed by atoms with Gasteiger partial charge in [-0.1, -0.05) is 46.8 Å². The van der Waals surface area contributed by atoms with E-state index in [0.29, 0.717) is 21.5 Å². The molecule has 0 bridgehead atoms. The minimum atomic E-state index is -4.60. The Morgan fingerprint density at radius 1 is 1.07 bits per heavy atom. The van der Waals surface area contributed by atoms with E-state index in [1.807, 2.05) is 0 Å². The van der Waals surface area contributed by atoms with Crippen molar-refractivity contribution in [2.24, 2.45) is 0 Å². The fraction of sp³-hybridized carbons (Fsp3) is 0.185. The van der Waals surface area contributed by atoms with Crippen molar-refractivity contribution in [1.29, 1.82) is 0 Å². The number of hydrogen-bond acceptors (Lipinski definition) is 7. The average molecular weight is 650 g/mol. The van der Waals surface area contributed by atoms with Gasteiger partial charge in [-0.15, -0.1) is 5.10 Å². The van der Waals surface area contributed by atoms with E-state index in [2.05, 4.69) is 38.0 Å². The molecule has 4 rings (SSSR count). The van der Waals surface area contributed by atoms with Crippen LogP contribution in [0.4, 0.5) is 18.9 Å². The Kier molecular flexibility index (Phi) is 9.49. The number of nitrogens with one attached hydrogen (secondary N) is 2. The standard InChI is InChI=1S/C27H20Cl2F3N7O3S/c1-26(2,34-24(41)17-8-11-38(42)12-9-17)10-7-16-3-6-21(20(29)13-16)33-23(40)15-43-25-35-36-37-39(25)22-14-18(27(30,31)32)4-5-19(22)28/h3-6,8-9,11-14H,15H2,1-2H3,(H,33,40)(H,34,41). The molecular weight excluding hydrogens is 630 g/mol. The molecule has 0 aliphatic heterocycles. The van der Waals surface area contributed by atoms with E-state index in [1.165, 1.54) is 30.6 Å². The number of benzene rings is 2. The van der Waals surface area contributed by atoms with Crippen LogP contribution in [0.25, 0.3) is 5.69 Å². The highest BCUT2D eigenvalue weighted by atomic mass is 35.5. The number of alkyl halides is 3. The number of nitrogens with zero attached hydrogens (tertiary/aromatic N) is 5. The number of anilines is 1. The first-order valence-electron chi connectivity index (χ1n) is 12.1. The third kappa shape index (κ3) is 8.38. The van der Waals surface area contributed by atoms with Crippen molar-refractivity contribution in [3.63, 3.8) is 0 Å². The number of carbonyl (C=O) groups is 2. The zero-order valence-corrected chi connectivity index (χ0v) is 24.6. The smallest absolute Gasteiger partial charge is 0.416 e. The number of hydrogen-bond donors (Lipinski definition) is 2. The van der Waals surface area contributed by atoms with Gasteiger partial charge in [0.05, 0.1) is 43.8 Å². The van der Waals surface area contributed by atoms with E-state index in [1.54, 1.807) is 26.0 Å². The molecule has 0 atom stereocenters. The van der Waals surface area contributed by atoms with Crippen LogP contribution in [0, 0.1) is 17.0 Å². The van der Waals surface area contributed by atoms with Crippen molar-refractivity contribution >= 4 is 52.5 Å². The Morgan fingerprint density at radius 2 is 1.79 bits per heavy atom. The lowest BCUT2D eigenvalue weighted by Crippen LogP contribution is -2.42. The minimum Gasteiger partial charge on any atom is -0.619 e. The topological polar surface area (TPSA) is 129 Å². The Hall–Kier alpha value is -4.32. The molecule has 4 aromatic rings. The first kappa shape index (κ1) is 31.6. The lowest BCUT2D eigenvalue weighted by molar-refractivity contribution is -0.605. The number of amides is 2. The monoisotopic (exact) mass is 649 g/mol. The first-order chi connectivity index (χ1) is 20.2. The summed E-state index contributed by atoms with van der Waals surface area (Å²) in [6, 6.07) is 10.2. The van der Waals surface area contributed by atoms with Gasteiger partial charge >= 0.3 is 6.18 Å². The molecule has 222 valence electrons. The van der Waals surface area contributed by atoms with Crippen molar-refractivity contribution in [1.82, 2.24) is 25.5 Å². The van der Waals surface area contributed by atoms with E-state index in [4.69, 9.17) is 23.2 Å². The highest BCUT2D eigenvalue weighted by Gasteiger charge is 2.31. The van der Waals surface area contributed by atoms with E-state index < -0.39 is 29.1 Å². The molecule has 0 saturated carbocycles. The Balaban J connectivity index is 1.38. The molecule has 2 amide bonds. The molecule has 0 aliphatic rings. The second-order valence-corrected chi connectivity index (χ2v) is 11.1. The quantitative estimate of drug-likeness (QED) is 0.126. The summed E-state index contributed by atoms with van der Waals surface area (Å²) in [5.41, 5.74) is -0.832. The molecule has 0 unspecified atom stereocenters. The largest absolute Gasteiger partial charge is 0.619 e. The fourth-order valence-electron chi connectivity index (χ4n) is 3.46. The maximum atomic E-state index is 13.2. The molecule has 2 heterocycles. The number of halogens is 5. The van der Waals surface area contributed by atoms with Crippen LogP contribution in [0.1, 0.15) is 35.3 Å². The van der Waals surface area contributed by atoms with Crippen molar-refractivity contribution < 1.29 is 27.5 Å². The second kappa shape index (κ2) is 12.9. The predicted molar refractivity (Wildman–Crippen MR) is 154 cm³/mol. The molecule has 0 saturated heterocycles. The van der Waals surface area contributed by atoms with Crippen LogP contribution >= 0.6 is 35.0 Å².